The van der Waals surface area contributed by atoms with Gasteiger partial charge >= 0.3 is 0 Å². The lowest BCUT2D eigenvalue weighted by atomic mass is 10.2. The second-order valence-electron chi connectivity index (χ2n) is 8.41. The Morgan fingerprint density at radius 1 is 0.684 bits per heavy atom. The minimum absolute atomic E-state index is 0.0100. The maximum absolute atomic E-state index is 12.5. The van der Waals surface area contributed by atoms with Crippen LogP contribution in [0.1, 0.15) is 5.56 Å². The first-order valence-electron chi connectivity index (χ1n) is 12.4. The smallest absolute Gasteiger partial charge is 0.297 e. The summed E-state index contributed by atoms with van der Waals surface area (Å²) < 4.78 is 65.3. The molecule has 3 aromatic carbocycles. The minimum Gasteiger partial charge on any atom is -0.487 e. The van der Waals surface area contributed by atoms with Crippen molar-refractivity contribution in [3.63, 3.8) is 0 Å². The summed E-state index contributed by atoms with van der Waals surface area (Å²) in [4.78, 5) is 0.0955. The molecule has 0 unspecified atom stereocenters. The number of fused-ring (bicyclic) bond motifs is 2. The van der Waals surface area contributed by atoms with Crippen LogP contribution in [0.4, 0.5) is 0 Å². The molecule has 1 aliphatic rings. The van der Waals surface area contributed by atoms with Crippen LogP contribution in [0.25, 0.3) is 0 Å². The predicted molar refractivity (Wildman–Crippen MR) is 140 cm³/mol. The van der Waals surface area contributed by atoms with Crippen molar-refractivity contribution in [2.45, 2.75) is 17.9 Å². The number of hydrogen-bond donors (Lipinski definition) is 0. The number of hydrogen-bond acceptors (Lipinski definition) is 9. The normalized spacial score (nSPS) is 15.6. The zero-order chi connectivity index (χ0) is 26.6. The van der Waals surface area contributed by atoms with Gasteiger partial charge in [0.25, 0.3) is 10.1 Å². The van der Waals surface area contributed by atoms with Gasteiger partial charge in [0.15, 0.2) is 23.0 Å². The Morgan fingerprint density at radius 3 is 1.71 bits per heavy atom. The molecule has 0 spiro atoms. The van der Waals surface area contributed by atoms with Gasteiger partial charge in [0.05, 0.1) is 31.3 Å². The van der Waals surface area contributed by atoms with E-state index >= 15 is 0 Å². The van der Waals surface area contributed by atoms with Crippen molar-refractivity contribution < 1.29 is 41.0 Å². The van der Waals surface area contributed by atoms with Gasteiger partial charge in [-0.05, 0) is 43.3 Å². The molecule has 0 bridgehead atoms. The molecule has 1 aliphatic heterocycles. The van der Waals surface area contributed by atoms with Crippen LogP contribution >= 0.6 is 0 Å². The highest BCUT2D eigenvalue weighted by molar-refractivity contribution is 7.86. The van der Waals surface area contributed by atoms with E-state index < -0.39 is 16.2 Å². The van der Waals surface area contributed by atoms with Gasteiger partial charge in [-0.3, -0.25) is 4.18 Å². The molecule has 0 saturated heterocycles. The standard InChI is InChI=1S/C28H32O9S/c1-22-10-12-24(13-11-22)38(29,30)37-19-18-32-23-20-35-27-8-4-2-6-25(27)33-16-14-31-15-17-34-26-7-3-5-9-28(26)36-21-23/h2-13,23H,14-21H2,1H3. The Balaban J connectivity index is 1.41. The van der Waals surface area contributed by atoms with E-state index in [0.717, 1.165) is 5.56 Å². The number of benzene rings is 3. The fraction of sp³-hybridized carbons (Fsp3) is 0.357. The van der Waals surface area contributed by atoms with E-state index in [1.807, 2.05) is 43.3 Å². The molecule has 3 aromatic rings. The van der Waals surface area contributed by atoms with E-state index in [0.29, 0.717) is 49.4 Å². The SMILES string of the molecule is Cc1ccc(S(=O)(=O)OCCOC2COc3ccccc3OCCOCCOc3ccccc3OC2)cc1. The first-order chi connectivity index (χ1) is 18.5. The molecule has 0 radical (unpaired) electrons. The maximum atomic E-state index is 12.5. The Labute approximate surface area is 223 Å². The lowest BCUT2D eigenvalue weighted by Gasteiger charge is -2.21. The van der Waals surface area contributed by atoms with Gasteiger partial charge in [0, 0.05) is 0 Å². The molecule has 0 amide bonds. The molecule has 0 N–H and O–H groups in total. The van der Waals surface area contributed by atoms with Crippen molar-refractivity contribution in [2.24, 2.45) is 0 Å². The molecule has 4 rings (SSSR count). The van der Waals surface area contributed by atoms with Crippen LogP contribution < -0.4 is 18.9 Å². The fourth-order valence-corrected chi connectivity index (χ4v) is 4.43. The van der Waals surface area contributed by atoms with E-state index in [-0.39, 0.29) is 31.3 Å². The van der Waals surface area contributed by atoms with Crippen LogP contribution in [0.15, 0.2) is 77.7 Å². The molecule has 0 saturated carbocycles. The second-order valence-corrected chi connectivity index (χ2v) is 10.0. The van der Waals surface area contributed by atoms with E-state index in [9.17, 15) is 8.42 Å². The summed E-state index contributed by atoms with van der Waals surface area (Å²) in [5.41, 5.74) is 0.958. The zero-order valence-corrected chi connectivity index (χ0v) is 22.1. The first kappa shape index (κ1) is 27.7. The number of ether oxygens (including phenoxy) is 6. The largest absolute Gasteiger partial charge is 0.487 e. The number of rotatable bonds is 6. The molecule has 0 fully saturated rings. The van der Waals surface area contributed by atoms with Crippen LogP contribution in [0, 0.1) is 6.92 Å². The molecule has 0 aromatic heterocycles. The Hall–Kier alpha value is -3.31. The Bertz CT molecular complexity index is 1190. The summed E-state index contributed by atoms with van der Waals surface area (Å²) in [6.07, 6.45) is -0.543. The highest BCUT2D eigenvalue weighted by Crippen LogP contribution is 2.28. The summed E-state index contributed by atoms with van der Waals surface area (Å²) >= 11 is 0. The van der Waals surface area contributed by atoms with Gasteiger partial charge in [-0.1, -0.05) is 42.0 Å². The summed E-state index contributed by atoms with van der Waals surface area (Å²) in [5.74, 6) is 2.26. The summed E-state index contributed by atoms with van der Waals surface area (Å²) in [6.45, 7) is 3.49. The zero-order valence-electron chi connectivity index (χ0n) is 21.2. The van der Waals surface area contributed by atoms with Gasteiger partial charge in [0.1, 0.15) is 32.5 Å². The second kappa shape index (κ2) is 14.0. The fourth-order valence-electron chi connectivity index (χ4n) is 3.54. The summed E-state index contributed by atoms with van der Waals surface area (Å²) in [7, 11) is -3.89. The molecule has 204 valence electrons. The van der Waals surface area contributed by atoms with Crippen molar-refractivity contribution in [1.82, 2.24) is 0 Å². The molecule has 38 heavy (non-hydrogen) atoms. The summed E-state index contributed by atoms with van der Waals surface area (Å²) in [5, 5.41) is 0. The van der Waals surface area contributed by atoms with E-state index in [1.165, 1.54) is 12.1 Å². The lowest BCUT2D eigenvalue weighted by molar-refractivity contribution is -0.0185. The van der Waals surface area contributed by atoms with Gasteiger partial charge in [0.2, 0.25) is 0 Å². The maximum Gasteiger partial charge on any atom is 0.297 e. The average molecular weight is 545 g/mol. The highest BCUT2D eigenvalue weighted by atomic mass is 32.2. The van der Waals surface area contributed by atoms with Gasteiger partial charge in [-0.25, -0.2) is 0 Å². The topological polar surface area (TPSA) is 98.8 Å². The Kier molecular flexibility index (Phi) is 10.2. The molecule has 10 heteroatoms. The third-order valence-electron chi connectivity index (χ3n) is 5.50. The lowest BCUT2D eigenvalue weighted by Crippen LogP contribution is -2.30. The molecule has 1 heterocycles. The van der Waals surface area contributed by atoms with Crippen LogP contribution in [0.2, 0.25) is 0 Å². The monoisotopic (exact) mass is 544 g/mol. The van der Waals surface area contributed by atoms with Crippen LogP contribution in [-0.4, -0.2) is 67.4 Å². The average Bonchev–Trinajstić information content (AvgIpc) is 2.92. The molecule has 0 atom stereocenters. The third kappa shape index (κ3) is 8.35. The van der Waals surface area contributed by atoms with Gasteiger partial charge in [-0.2, -0.15) is 8.42 Å². The van der Waals surface area contributed by atoms with Crippen molar-refractivity contribution in [3.8, 4) is 23.0 Å². The summed E-state index contributed by atoms with van der Waals surface area (Å²) in [6, 6.07) is 21.1. The van der Waals surface area contributed by atoms with Gasteiger partial charge in [-0.15, -0.1) is 0 Å². The van der Waals surface area contributed by atoms with Crippen LogP contribution in [0.5, 0.6) is 23.0 Å². The number of aryl methyl sites for hydroxylation is 1. The molecular weight excluding hydrogens is 512 g/mol. The predicted octanol–water partition coefficient (Wildman–Crippen LogP) is 4.03. The van der Waals surface area contributed by atoms with Crippen LogP contribution in [-0.2, 0) is 23.8 Å². The third-order valence-corrected chi connectivity index (χ3v) is 6.83. The Morgan fingerprint density at radius 2 is 1.18 bits per heavy atom. The van der Waals surface area contributed by atoms with Crippen LogP contribution in [0.3, 0.4) is 0 Å². The van der Waals surface area contributed by atoms with Crippen molar-refractivity contribution in [3.05, 3.63) is 78.4 Å². The van der Waals surface area contributed by atoms with E-state index in [2.05, 4.69) is 0 Å². The number of para-hydroxylation sites is 4. The first-order valence-corrected chi connectivity index (χ1v) is 13.8. The molecule has 0 aliphatic carbocycles. The van der Waals surface area contributed by atoms with Crippen molar-refractivity contribution in [2.75, 3.05) is 52.9 Å². The quantitative estimate of drug-likeness (QED) is 0.336. The van der Waals surface area contributed by atoms with Crippen molar-refractivity contribution >= 4 is 10.1 Å². The van der Waals surface area contributed by atoms with E-state index in [4.69, 9.17) is 32.6 Å². The van der Waals surface area contributed by atoms with E-state index in [1.54, 1.807) is 24.3 Å². The highest BCUT2D eigenvalue weighted by Gasteiger charge is 2.18. The molecular formula is C28H32O9S. The molecule has 9 nitrogen and oxygen atoms in total. The van der Waals surface area contributed by atoms with Crippen molar-refractivity contribution in [1.29, 1.82) is 0 Å². The van der Waals surface area contributed by atoms with Gasteiger partial charge < -0.3 is 28.4 Å². The minimum atomic E-state index is -3.89.